The van der Waals surface area contributed by atoms with Gasteiger partial charge >= 0.3 is 6.18 Å². The van der Waals surface area contributed by atoms with Gasteiger partial charge < -0.3 is 5.32 Å². The number of nitrogens with one attached hydrogen (secondary N) is 1. The van der Waals surface area contributed by atoms with Crippen molar-refractivity contribution in [3.05, 3.63) is 85.7 Å². The quantitative estimate of drug-likeness (QED) is 0.599. The molecule has 0 aliphatic heterocycles. The molecule has 0 bridgehead atoms. The molecule has 5 nitrogen and oxygen atoms in total. The first-order chi connectivity index (χ1) is 13.6. The Labute approximate surface area is 172 Å². The van der Waals surface area contributed by atoms with Crippen molar-refractivity contribution in [3.8, 4) is 5.69 Å². The smallest absolute Gasteiger partial charge is 0.319 e. The van der Waals surface area contributed by atoms with Crippen molar-refractivity contribution in [2.24, 2.45) is 0 Å². The summed E-state index contributed by atoms with van der Waals surface area (Å²) in [6.07, 6.45) is -4.62. The number of para-hydroxylation sites is 1. The summed E-state index contributed by atoms with van der Waals surface area (Å²) in [6, 6.07) is 11.1. The van der Waals surface area contributed by atoms with Crippen molar-refractivity contribution in [3.63, 3.8) is 0 Å². The molecule has 1 N–H and O–H groups in total. The van der Waals surface area contributed by atoms with Crippen LogP contribution in [-0.2, 0) is 6.18 Å². The summed E-state index contributed by atoms with van der Waals surface area (Å²) in [5.41, 5.74) is -0.877. The van der Waals surface area contributed by atoms with E-state index in [-0.39, 0.29) is 11.4 Å². The molecule has 29 heavy (non-hydrogen) atoms. The van der Waals surface area contributed by atoms with Gasteiger partial charge in [0.15, 0.2) is 5.69 Å². The molecule has 1 heterocycles. The number of amides is 1. The van der Waals surface area contributed by atoms with Crippen LogP contribution in [0, 0.1) is 13.8 Å². The highest BCUT2D eigenvalue weighted by Crippen LogP contribution is 2.33. The van der Waals surface area contributed by atoms with Gasteiger partial charge in [0.2, 0.25) is 5.43 Å². The van der Waals surface area contributed by atoms with Gasteiger partial charge in [-0.1, -0.05) is 18.2 Å². The van der Waals surface area contributed by atoms with Gasteiger partial charge in [0.05, 0.1) is 16.9 Å². The summed E-state index contributed by atoms with van der Waals surface area (Å²) in [5.74, 6) is -0.821. The zero-order valence-electron chi connectivity index (χ0n) is 15.3. The van der Waals surface area contributed by atoms with Crippen molar-refractivity contribution in [1.29, 1.82) is 0 Å². The maximum absolute atomic E-state index is 13.4. The predicted molar refractivity (Wildman–Crippen MR) is 106 cm³/mol. The second kappa shape index (κ2) is 7.82. The Hall–Kier alpha value is -2.94. The van der Waals surface area contributed by atoms with Crippen LogP contribution in [0.5, 0.6) is 0 Å². The number of carbonyl (C=O) groups is 1. The molecule has 0 aliphatic rings. The zero-order chi connectivity index (χ0) is 21.3. The van der Waals surface area contributed by atoms with E-state index in [2.05, 4.69) is 26.3 Å². The Morgan fingerprint density at radius 3 is 2.45 bits per heavy atom. The lowest BCUT2D eigenvalue weighted by atomic mass is 10.1. The van der Waals surface area contributed by atoms with Gasteiger partial charge in [-0.25, -0.2) is 4.68 Å². The SMILES string of the molecule is Cc1ccc(NC(=O)c2nn(-c3ccccc3C(F)(F)F)c(C)cc2=O)c(Br)c1. The minimum absolute atomic E-state index is 0.166. The molecule has 1 amide bonds. The van der Waals surface area contributed by atoms with Crippen LogP contribution in [-0.4, -0.2) is 15.7 Å². The van der Waals surface area contributed by atoms with Crippen molar-refractivity contribution in [2.45, 2.75) is 20.0 Å². The number of benzene rings is 2. The third-order valence-electron chi connectivity index (χ3n) is 4.13. The van der Waals surface area contributed by atoms with Crippen LogP contribution in [0.2, 0.25) is 0 Å². The number of nitrogens with zero attached hydrogens (tertiary/aromatic N) is 2. The molecule has 0 saturated heterocycles. The minimum atomic E-state index is -4.62. The molecule has 3 aromatic rings. The summed E-state index contributed by atoms with van der Waals surface area (Å²) >= 11 is 3.32. The molecule has 0 aliphatic carbocycles. The highest BCUT2D eigenvalue weighted by Gasteiger charge is 2.34. The summed E-state index contributed by atoms with van der Waals surface area (Å²) in [4.78, 5) is 24.9. The molecule has 2 aromatic carbocycles. The van der Waals surface area contributed by atoms with Gasteiger partial charge in [0, 0.05) is 16.2 Å². The average molecular weight is 466 g/mol. The van der Waals surface area contributed by atoms with Crippen LogP contribution >= 0.6 is 15.9 Å². The van der Waals surface area contributed by atoms with Gasteiger partial charge in [-0.2, -0.15) is 18.3 Å². The Bertz CT molecular complexity index is 1160. The number of halogens is 4. The van der Waals surface area contributed by atoms with E-state index in [9.17, 15) is 22.8 Å². The lowest BCUT2D eigenvalue weighted by molar-refractivity contribution is -0.137. The third kappa shape index (κ3) is 4.40. The number of hydrogen-bond donors (Lipinski definition) is 1. The average Bonchev–Trinajstić information content (AvgIpc) is 2.63. The topological polar surface area (TPSA) is 64.0 Å². The lowest BCUT2D eigenvalue weighted by Gasteiger charge is -2.16. The van der Waals surface area contributed by atoms with Gasteiger partial charge in [0.1, 0.15) is 0 Å². The van der Waals surface area contributed by atoms with E-state index in [4.69, 9.17) is 0 Å². The molecule has 1 aromatic heterocycles. The molecule has 150 valence electrons. The molecular weight excluding hydrogens is 451 g/mol. The molecule has 0 spiro atoms. The summed E-state index contributed by atoms with van der Waals surface area (Å²) in [5, 5.41) is 6.49. The maximum Gasteiger partial charge on any atom is 0.418 e. The van der Waals surface area contributed by atoms with Crippen molar-refractivity contribution < 1.29 is 18.0 Å². The highest BCUT2D eigenvalue weighted by molar-refractivity contribution is 9.10. The summed E-state index contributed by atoms with van der Waals surface area (Å²) in [7, 11) is 0. The first-order valence-electron chi connectivity index (χ1n) is 8.43. The van der Waals surface area contributed by atoms with E-state index >= 15 is 0 Å². The number of carbonyl (C=O) groups excluding carboxylic acids is 1. The van der Waals surface area contributed by atoms with Gasteiger partial charge in [-0.3, -0.25) is 9.59 Å². The Balaban J connectivity index is 2.08. The van der Waals surface area contributed by atoms with E-state index < -0.39 is 28.8 Å². The van der Waals surface area contributed by atoms with Crippen molar-refractivity contribution in [2.75, 3.05) is 5.32 Å². The number of hydrogen-bond acceptors (Lipinski definition) is 3. The molecule has 9 heteroatoms. The van der Waals surface area contributed by atoms with Crippen LogP contribution in [0.25, 0.3) is 5.69 Å². The van der Waals surface area contributed by atoms with Crippen LogP contribution in [0.1, 0.15) is 27.3 Å². The Kier molecular flexibility index (Phi) is 5.61. The monoisotopic (exact) mass is 465 g/mol. The Morgan fingerprint density at radius 1 is 1.10 bits per heavy atom. The van der Waals surface area contributed by atoms with E-state index in [1.807, 2.05) is 6.92 Å². The fraction of sp³-hybridized carbons (Fsp3) is 0.150. The molecule has 0 atom stereocenters. The normalized spacial score (nSPS) is 11.4. The standard InChI is InChI=1S/C20H15BrF3N3O2/c1-11-7-8-15(14(21)9-11)25-19(29)18-17(28)10-12(2)27(26-18)16-6-4-3-5-13(16)20(22,23)24/h3-10H,1-2H3,(H,25,29). The van der Waals surface area contributed by atoms with Gasteiger partial charge in [-0.05, 0) is 59.6 Å². The zero-order valence-corrected chi connectivity index (χ0v) is 16.9. The van der Waals surface area contributed by atoms with Crippen LogP contribution in [0.3, 0.4) is 0 Å². The number of aryl methyl sites for hydroxylation is 2. The number of alkyl halides is 3. The van der Waals surface area contributed by atoms with E-state index in [1.54, 1.807) is 18.2 Å². The maximum atomic E-state index is 13.4. The summed E-state index contributed by atoms with van der Waals surface area (Å²) in [6.45, 7) is 3.31. The molecule has 0 fully saturated rings. The molecule has 0 radical (unpaired) electrons. The fourth-order valence-corrected chi connectivity index (χ4v) is 3.34. The number of anilines is 1. The first-order valence-corrected chi connectivity index (χ1v) is 9.22. The van der Waals surface area contributed by atoms with Crippen LogP contribution in [0.15, 0.2) is 57.8 Å². The van der Waals surface area contributed by atoms with E-state index in [1.165, 1.54) is 25.1 Å². The van der Waals surface area contributed by atoms with Crippen LogP contribution in [0.4, 0.5) is 18.9 Å². The van der Waals surface area contributed by atoms with Gasteiger partial charge in [-0.15, -0.1) is 0 Å². The molecule has 3 rings (SSSR count). The largest absolute Gasteiger partial charge is 0.418 e. The second-order valence-corrected chi connectivity index (χ2v) is 7.22. The third-order valence-corrected chi connectivity index (χ3v) is 4.79. The Morgan fingerprint density at radius 2 is 1.79 bits per heavy atom. The highest BCUT2D eigenvalue weighted by atomic mass is 79.9. The van der Waals surface area contributed by atoms with E-state index in [0.717, 1.165) is 22.4 Å². The molecule has 0 unspecified atom stereocenters. The minimum Gasteiger partial charge on any atom is -0.319 e. The summed E-state index contributed by atoms with van der Waals surface area (Å²) < 4.78 is 41.7. The lowest BCUT2D eigenvalue weighted by Crippen LogP contribution is -2.27. The number of aromatic nitrogens is 2. The van der Waals surface area contributed by atoms with Crippen molar-refractivity contribution in [1.82, 2.24) is 9.78 Å². The molecule has 0 saturated carbocycles. The fourth-order valence-electron chi connectivity index (χ4n) is 2.75. The first kappa shape index (κ1) is 20.8. The van der Waals surface area contributed by atoms with Gasteiger partial charge in [0.25, 0.3) is 5.91 Å². The van der Waals surface area contributed by atoms with Crippen LogP contribution < -0.4 is 10.7 Å². The van der Waals surface area contributed by atoms with Crippen molar-refractivity contribution >= 4 is 27.5 Å². The second-order valence-electron chi connectivity index (χ2n) is 6.36. The predicted octanol–water partition coefficient (Wildman–Crippen LogP) is 4.88. The molecular formula is C20H15BrF3N3O2. The number of rotatable bonds is 3. The van der Waals surface area contributed by atoms with E-state index in [0.29, 0.717) is 10.2 Å².